The van der Waals surface area contributed by atoms with Gasteiger partial charge in [0.15, 0.2) is 12.0 Å². The van der Waals surface area contributed by atoms with Gasteiger partial charge in [-0.1, -0.05) is 12.0 Å². The number of nitrogens with zero attached hydrogens (tertiary/aromatic N) is 2. The van der Waals surface area contributed by atoms with Crippen molar-refractivity contribution in [3.63, 3.8) is 0 Å². The van der Waals surface area contributed by atoms with Crippen molar-refractivity contribution in [2.45, 2.75) is 18.9 Å². The number of halogens is 5. The Bertz CT molecular complexity index is 1490. The first kappa shape index (κ1) is 27.0. The summed E-state index contributed by atoms with van der Waals surface area (Å²) in [6.45, 7) is 1.15. The quantitative estimate of drug-likeness (QED) is 0.102. The summed E-state index contributed by atoms with van der Waals surface area (Å²) in [6, 6.07) is 7.06. The molecule has 0 radical (unpaired) electrons. The van der Waals surface area contributed by atoms with Gasteiger partial charge in [0, 0.05) is 60.3 Å². The van der Waals surface area contributed by atoms with Crippen molar-refractivity contribution in [2.75, 3.05) is 25.5 Å². The van der Waals surface area contributed by atoms with E-state index < -0.39 is 29.6 Å². The SMILES string of the molecule is CNCCNCc1ccc(NC(O)c2cncc(C#Cc3n[nH]c4c(F)cc(F)cc34)c2)cc1C(F)(F)F. The Balaban J connectivity index is 1.52. The van der Waals surface area contributed by atoms with Crippen LogP contribution < -0.4 is 16.0 Å². The van der Waals surface area contributed by atoms with Crippen LogP contribution in [0.15, 0.2) is 48.8 Å². The predicted molar refractivity (Wildman–Crippen MR) is 132 cm³/mol. The molecule has 0 amide bonds. The van der Waals surface area contributed by atoms with Gasteiger partial charge in [0.1, 0.15) is 17.0 Å². The van der Waals surface area contributed by atoms with Gasteiger partial charge >= 0.3 is 6.18 Å². The van der Waals surface area contributed by atoms with E-state index in [2.05, 4.69) is 43.0 Å². The Kier molecular flexibility index (Phi) is 8.21. The van der Waals surface area contributed by atoms with Gasteiger partial charge in [-0.05, 0) is 42.8 Å². The first-order valence-corrected chi connectivity index (χ1v) is 11.5. The summed E-state index contributed by atoms with van der Waals surface area (Å²) in [5, 5.41) is 25.7. The third-order valence-corrected chi connectivity index (χ3v) is 5.58. The molecule has 4 rings (SSSR count). The average molecular weight is 531 g/mol. The highest BCUT2D eigenvalue weighted by atomic mass is 19.4. The van der Waals surface area contributed by atoms with E-state index in [1.807, 2.05) is 0 Å². The fraction of sp³-hybridized carbons (Fsp3) is 0.231. The lowest BCUT2D eigenvalue weighted by Crippen LogP contribution is -2.25. The van der Waals surface area contributed by atoms with Crippen molar-refractivity contribution in [3.05, 3.63) is 88.4 Å². The lowest BCUT2D eigenvalue weighted by molar-refractivity contribution is -0.138. The molecule has 0 fully saturated rings. The van der Waals surface area contributed by atoms with Gasteiger partial charge in [0.25, 0.3) is 0 Å². The minimum absolute atomic E-state index is 0.0141. The molecule has 0 saturated carbocycles. The van der Waals surface area contributed by atoms with Gasteiger partial charge in [-0.15, -0.1) is 0 Å². The highest BCUT2D eigenvalue weighted by Gasteiger charge is 2.33. The molecule has 5 N–H and O–H groups in total. The third kappa shape index (κ3) is 6.44. The number of benzene rings is 2. The predicted octanol–water partition coefficient (Wildman–Crippen LogP) is 4.07. The van der Waals surface area contributed by atoms with Gasteiger partial charge in [0.05, 0.1) is 5.56 Å². The number of aliphatic hydroxyl groups is 1. The smallest absolute Gasteiger partial charge is 0.369 e. The van der Waals surface area contributed by atoms with E-state index in [-0.39, 0.29) is 40.0 Å². The van der Waals surface area contributed by atoms with E-state index in [1.165, 1.54) is 30.6 Å². The van der Waals surface area contributed by atoms with Crippen molar-refractivity contribution >= 4 is 16.6 Å². The number of H-pyrrole nitrogens is 1. The minimum atomic E-state index is -4.58. The molecule has 2 aromatic heterocycles. The zero-order chi connectivity index (χ0) is 27.3. The molecular weight excluding hydrogens is 507 g/mol. The fourth-order valence-electron chi connectivity index (χ4n) is 3.71. The number of aromatic nitrogens is 3. The van der Waals surface area contributed by atoms with Gasteiger partial charge in [0.2, 0.25) is 0 Å². The van der Waals surface area contributed by atoms with Gasteiger partial charge in [-0.25, -0.2) is 8.78 Å². The first-order valence-electron chi connectivity index (χ1n) is 11.5. The number of nitrogens with one attached hydrogen (secondary N) is 4. The Morgan fingerprint density at radius 2 is 1.87 bits per heavy atom. The number of hydrogen-bond acceptors (Lipinski definition) is 6. The summed E-state index contributed by atoms with van der Waals surface area (Å²) in [6.07, 6.45) is -3.24. The molecule has 2 heterocycles. The van der Waals surface area contributed by atoms with E-state index in [4.69, 9.17) is 0 Å². The minimum Gasteiger partial charge on any atom is -0.369 e. The molecule has 0 bridgehead atoms. The second-order valence-electron chi connectivity index (χ2n) is 8.34. The standard InChI is InChI=1S/C26H23F5N6O/c1-32-6-7-33-13-16-3-4-19(11-21(16)26(29,30)31)35-25(38)17-8-15(12-34-14-17)2-5-23-20-9-18(27)10-22(28)24(20)37-36-23/h3-4,8-12,14,25,32-33,35,38H,6-7,13H2,1H3,(H,36,37). The van der Waals surface area contributed by atoms with Crippen LogP contribution in [0.5, 0.6) is 0 Å². The maximum Gasteiger partial charge on any atom is 0.416 e. The molecule has 7 nitrogen and oxygen atoms in total. The molecule has 198 valence electrons. The van der Waals surface area contributed by atoms with Crippen molar-refractivity contribution < 1.29 is 27.1 Å². The second-order valence-corrected chi connectivity index (χ2v) is 8.34. The van der Waals surface area contributed by atoms with Crippen LogP contribution >= 0.6 is 0 Å². The van der Waals surface area contributed by atoms with E-state index >= 15 is 0 Å². The Labute approximate surface area is 214 Å². The number of likely N-dealkylation sites (N-methyl/N-ethyl adjacent to an activating group) is 1. The topological polar surface area (TPSA) is 97.9 Å². The number of aliphatic hydroxyl groups excluding tert-OH is 1. The van der Waals surface area contributed by atoms with E-state index in [0.717, 1.165) is 18.2 Å². The number of alkyl halides is 3. The molecule has 0 aliphatic rings. The number of pyridine rings is 1. The molecule has 2 aromatic carbocycles. The highest BCUT2D eigenvalue weighted by molar-refractivity contribution is 5.84. The van der Waals surface area contributed by atoms with E-state index in [1.54, 1.807) is 7.05 Å². The van der Waals surface area contributed by atoms with Crippen molar-refractivity contribution in [1.82, 2.24) is 25.8 Å². The molecule has 0 saturated heterocycles. The molecule has 0 aliphatic carbocycles. The van der Waals surface area contributed by atoms with Crippen LogP contribution in [-0.4, -0.2) is 40.4 Å². The number of aromatic amines is 1. The summed E-state index contributed by atoms with van der Waals surface area (Å²) >= 11 is 0. The Morgan fingerprint density at radius 3 is 2.63 bits per heavy atom. The monoisotopic (exact) mass is 530 g/mol. The van der Waals surface area contributed by atoms with Crippen molar-refractivity contribution in [1.29, 1.82) is 0 Å². The zero-order valence-corrected chi connectivity index (χ0v) is 20.0. The van der Waals surface area contributed by atoms with E-state index in [9.17, 15) is 27.1 Å². The van der Waals surface area contributed by atoms with Crippen LogP contribution in [0.3, 0.4) is 0 Å². The van der Waals surface area contributed by atoms with Crippen LogP contribution in [0.2, 0.25) is 0 Å². The molecular formula is C26H23F5N6O. The van der Waals surface area contributed by atoms with Crippen molar-refractivity contribution in [3.8, 4) is 11.8 Å². The fourth-order valence-corrected chi connectivity index (χ4v) is 3.71. The lowest BCUT2D eigenvalue weighted by Gasteiger charge is -2.18. The molecule has 1 atom stereocenters. The molecule has 12 heteroatoms. The van der Waals surface area contributed by atoms with Crippen LogP contribution in [0, 0.1) is 23.5 Å². The van der Waals surface area contributed by atoms with E-state index in [0.29, 0.717) is 18.7 Å². The summed E-state index contributed by atoms with van der Waals surface area (Å²) in [4.78, 5) is 4.01. The third-order valence-electron chi connectivity index (χ3n) is 5.58. The average Bonchev–Trinajstić information content (AvgIpc) is 3.28. The maximum atomic E-state index is 13.9. The Morgan fingerprint density at radius 1 is 1.05 bits per heavy atom. The second kappa shape index (κ2) is 11.6. The Hall–Kier alpha value is -4.05. The summed E-state index contributed by atoms with van der Waals surface area (Å²) in [7, 11) is 1.75. The molecule has 4 aromatic rings. The summed E-state index contributed by atoms with van der Waals surface area (Å²) in [5.74, 6) is 3.90. The molecule has 38 heavy (non-hydrogen) atoms. The number of fused-ring (bicyclic) bond motifs is 1. The van der Waals surface area contributed by atoms with Crippen LogP contribution in [0.25, 0.3) is 10.9 Å². The lowest BCUT2D eigenvalue weighted by atomic mass is 10.1. The maximum absolute atomic E-state index is 13.9. The summed E-state index contributed by atoms with van der Waals surface area (Å²) < 4.78 is 68.4. The largest absolute Gasteiger partial charge is 0.416 e. The number of rotatable bonds is 8. The number of anilines is 1. The van der Waals surface area contributed by atoms with Gasteiger partial charge < -0.3 is 21.1 Å². The van der Waals surface area contributed by atoms with Crippen molar-refractivity contribution in [2.24, 2.45) is 0 Å². The molecule has 0 aliphatic heterocycles. The van der Waals surface area contributed by atoms with Crippen LogP contribution in [-0.2, 0) is 12.7 Å². The summed E-state index contributed by atoms with van der Waals surface area (Å²) in [5.41, 5.74) is 0.0412. The molecule has 0 spiro atoms. The zero-order valence-electron chi connectivity index (χ0n) is 20.0. The molecule has 1 unspecified atom stereocenters. The van der Waals surface area contributed by atoms with Gasteiger partial charge in [-0.2, -0.15) is 18.3 Å². The normalized spacial score (nSPS) is 12.3. The first-order chi connectivity index (χ1) is 18.2. The number of hydrogen-bond donors (Lipinski definition) is 5. The van der Waals surface area contributed by atoms with Crippen LogP contribution in [0.1, 0.15) is 34.2 Å². The van der Waals surface area contributed by atoms with Crippen LogP contribution in [0.4, 0.5) is 27.6 Å². The van der Waals surface area contributed by atoms with Gasteiger partial charge in [-0.3, -0.25) is 10.1 Å². The highest BCUT2D eigenvalue weighted by Crippen LogP contribution is 2.34.